The van der Waals surface area contributed by atoms with Gasteiger partial charge < -0.3 is 5.32 Å². The standard InChI is InChI=1S/C15H17ClN2OS/c1-10-11(2)20-15(18-10)8-7-14(19)17-9-12-3-5-13(16)6-4-12/h3-6H,7-9H2,1-2H3,(H,17,19). The SMILES string of the molecule is Cc1nc(CCC(=O)NCc2ccc(Cl)cc2)sc1C. The van der Waals surface area contributed by atoms with Crippen molar-refractivity contribution in [1.82, 2.24) is 10.3 Å². The fourth-order valence-corrected chi connectivity index (χ4v) is 2.82. The molecule has 0 saturated heterocycles. The third kappa shape index (κ3) is 4.32. The number of benzene rings is 1. The molecule has 1 heterocycles. The molecular formula is C15H17ClN2OS. The molecule has 0 atom stereocenters. The van der Waals surface area contributed by atoms with Gasteiger partial charge in [0.2, 0.25) is 5.91 Å². The molecule has 0 radical (unpaired) electrons. The van der Waals surface area contributed by atoms with Crippen LogP contribution >= 0.6 is 22.9 Å². The van der Waals surface area contributed by atoms with Gasteiger partial charge in [-0.2, -0.15) is 0 Å². The molecule has 1 aromatic carbocycles. The van der Waals surface area contributed by atoms with Crippen LogP contribution in [0.3, 0.4) is 0 Å². The van der Waals surface area contributed by atoms with E-state index in [2.05, 4.69) is 17.2 Å². The van der Waals surface area contributed by atoms with Gasteiger partial charge in [-0.15, -0.1) is 11.3 Å². The Balaban J connectivity index is 1.76. The second-order valence-corrected chi connectivity index (χ2v) is 6.38. The molecule has 0 aliphatic carbocycles. The van der Waals surface area contributed by atoms with Gasteiger partial charge in [0.15, 0.2) is 0 Å². The van der Waals surface area contributed by atoms with Crippen molar-refractivity contribution in [1.29, 1.82) is 0 Å². The molecule has 0 saturated carbocycles. The van der Waals surface area contributed by atoms with Gasteiger partial charge in [-0.05, 0) is 31.5 Å². The highest BCUT2D eigenvalue weighted by molar-refractivity contribution is 7.11. The Morgan fingerprint density at radius 1 is 1.30 bits per heavy atom. The number of rotatable bonds is 5. The zero-order valence-corrected chi connectivity index (χ0v) is 13.1. The summed E-state index contributed by atoms with van der Waals surface area (Å²) in [6.45, 7) is 4.58. The number of nitrogens with one attached hydrogen (secondary N) is 1. The maximum Gasteiger partial charge on any atom is 0.220 e. The molecule has 0 aliphatic rings. The summed E-state index contributed by atoms with van der Waals surface area (Å²) in [6, 6.07) is 7.47. The Morgan fingerprint density at radius 2 is 2.00 bits per heavy atom. The van der Waals surface area contributed by atoms with Crippen LogP contribution in [0.1, 0.15) is 27.6 Å². The van der Waals surface area contributed by atoms with E-state index in [1.54, 1.807) is 11.3 Å². The topological polar surface area (TPSA) is 42.0 Å². The zero-order valence-electron chi connectivity index (χ0n) is 11.6. The number of amides is 1. The minimum atomic E-state index is 0.0467. The summed E-state index contributed by atoms with van der Waals surface area (Å²) in [5.74, 6) is 0.0467. The summed E-state index contributed by atoms with van der Waals surface area (Å²) in [6.07, 6.45) is 1.17. The van der Waals surface area contributed by atoms with E-state index in [0.717, 1.165) is 16.3 Å². The maximum absolute atomic E-state index is 11.8. The van der Waals surface area contributed by atoms with E-state index in [4.69, 9.17) is 11.6 Å². The molecule has 1 amide bonds. The molecule has 1 aromatic heterocycles. The molecule has 3 nitrogen and oxygen atoms in total. The number of aryl methyl sites for hydroxylation is 3. The number of carbonyl (C=O) groups excluding carboxylic acids is 1. The van der Waals surface area contributed by atoms with Gasteiger partial charge in [0.1, 0.15) is 0 Å². The third-order valence-electron chi connectivity index (χ3n) is 3.04. The van der Waals surface area contributed by atoms with Crippen LogP contribution in [0.4, 0.5) is 0 Å². The van der Waals surface area contributed by atoms with Crippen molar-refractivity contribution in [3.05, 3.63) is 50.4 Å². The lowest BCUT2D eigenvalue weighted by molar-refractivity contribution is -0.121. The number of aromatic nitrogens is 1. The molecule has 2 aromatic rings. The highest BCUT2D eigenvalue weighted by Crippen LogP contribution is 2.17. The normalized spacial score (nSPS) is 10.6. The fraction of sp³-hybridized carbons (Fsp3) is 0.333. The predicted molar refractivity (Wildman–Crippen MR) is 83.2 cm³/mol. The lowest BCUT2D eigenvalue weighted by Gasteiger charge is -2.04. The third-order valence-corrected chi connectivity index (χ3v) is 4.43. The largest absolute Gasteiger partial charge is 0.352 e. The van der Waals surface area contributed by atoms with Crippen LogP contribution in [0.5, 0.6) is 0 Å². The van der Waals surface area contributed by atoms with Crippen LogP contribution in [0.15, 0.2) is 24.3 Å². The van der Waals surface area contributed by atoms with Gasteiger partial charge in [-0.3, -0.25) is 4.79 Å². The molecule has 0 bridgehead atoms. The number of hydrogen-bond donors (Lipinski definition) is 1. The molecule has 1 N–H and O–H groups in total. The number of nitrogens with zero attached hydrogens (tertiary/aromatic N) is 1. The summed E-state index contributed by atoms with van der Waals surface area (Å²) < 4.78 is 0. The molecule has 0 unspecified atom stereocenters. The Morgan fingerprint density at radius 3 is 2.60 bits per heavy atom. The highest BCUT2D eigenvalue weighted by Gasteiger charge is 2.07. The second kappa shape index (κ2) is 6.86. The summed E-state index contributed by atoms with van der Waals surface area (Å²) in [5, 5.41) is 4.64. The van der Waals surface area contributed by atoms with Crippen LogP contribution in [0.25, 0.3) is 0 Å². The summed E-state index contributed by atoms with van der Waals surface area (Å²) in [7, 11) is 0. The van der Waals surface area contributed by atoms with Crippen molar-refractivity contribution in [2.75, 3.05) is 0 Å². The fourth-order valence-electron chi connectivity index (χ4n) is 1.76. The lowest BCUT2D eigenvalue weighted by Crippen LogP contribution is -2.22. The number of carbonyl (C=O) groups is 1. The Bertz CT molecular complexity index is 573. The molecule has 0 aliphatic heterocycles. The van der Waals surface area contributed by atoms with Gasteiger partial charge in [-0.1, -0.05) is 23.7 Å². The van der Waals surface area contributed by atoms with Gasteiger partial charge in [-0.25, -0.2) is 4.98 Å². The summed E-state index contributed by atoms with van der Waals surface area (Å²) >= 11 is 7.48. The zero-order chi connectivity index (χ0) is 14.5. The van der Waals surface area contributed by atoms with Crippen LogP contribution in [0, 0.1) is 13.8 Å². The van der Waals surface area contributed by atoms with Crippen molar-refractivity contribution < 1.29 is 4.79 Å². The first-order valence-corrected chi connectivity index (χ1v) is 7.68. The molecule has 0 fully saturated rings. The van der Waals surface area contributed by atoms with Crippen molar-refractivity contribution in [2.24, 2.45) is 0 Å². The van der Waals surface area contributed by atoms with Crippen LogP contribution in [-0.4, -0.2) is 10.9 Å². The van der Waals surface area contributed by atoms with E-state index in [-0.39, 0.29) is 5.91 Å². The smallest absolute Gasteiger partial charge is 0.220 e. The molecular weight excluding hydrogens is 292 g/mol. The second-order valence-electron chi connectivity index (χ2n) is 4.65. The van der Waals surface area contributed by atoms with Crippen molar-refractivity contribution in [3.8, 4) is 0 Å². The minimum Gasteiger partial charge on any atom is -0.352 e. The van der Waals surface area contributed by atoms with E-state index in [9.17, 15) is 4.79 Å². The number of halogens is 1. The van der Waals surface area contributed by atoms with Gasteiger partial charge in [0.25, 0.3) is 0 Å². The van der Waals surface area contributed by atoms with E-state index in [1.165, 1.54) is 4.88 Å². The molecule has 0 spiro atoms. The van der Waals surface area contributed by atoms with Crippen LogP contribution < -0.4 is 5.32 Å². The summed E-state index contributed by atoms with van der Waals surface area (Å²) in [5.41, 5.74) is 2.11. The average molecular weight is 309 g/mol. The Labute approximate surface area is 128 Å². The van der Waals surface area contributed by atoms with Gasteiger partial charge in [0.05, 0.1) is 10.7 Å². The predicted octanol–water partition coefficient (Wildman–Crippen LogP) is 3.66. The van der Waals surface area contributed by atoms with Crippen molar-refractivity contribution >= 4 is 28.8 Å². The highest BCUT2D eigenvalue weighted by atomic mass is 35.5. The van der Waals surface area contributed by atoms with Gasteiger partial charge in [0, 0.05) is 29.3 Å². The van der Waals surface area contributed by atoms with E-state index < -0.39 is 0 Å². The monoisotopic (exact) mass is 308 g/mol. The first-order chi connectivity index (χ1) is 9.54. The van der Waals surface area contributed by atoms with Gasteiger partial charge >= 0.3 is 0 Å². The van der Waals surface area contributed by atoms with E-state index in [0.29, 0.717) is 24.4 Å². The Kier molecular flexibility index (Phi) is 5.15. The molecule has 2 rings (SSSR count). The quantitative estimate of drug-likeness (QED) is 0.916. The number of hydrogen-bond acceptors (Lipinski definition) is 3. The van der Waals surface area contributed by atoms with Crippen LogP contribution in [0.2, 0.25) is 5.02 Å². The van der Waals surface area contributed by atoms with Crippen molar-refractivity contribution in [3.63, 3.8) is 0 Å². The minimum absolute atomic E-state index is 0.0467. The average Bonchev–Trinajstić information content (AvgIpc) is 2.75. The van der Waals surface area contributed by atoms with E-state index in [1.807, 2.05) is 31.2 Å². The molecule has 106 valence electrons. The first kappa shape index (κ1) is 15.0. The number of thiazole rings is 1. The van der Waals surface area contributed by atoms with Crippen molar-refractivity contribution in [2.45, 2.75) is 33.2 Å². The summed E-state index contributed by atoms with van der Waals surface area (Å²) in [4.78, 5) is 17.4. The van der Waals surface area contributed by atoms with E-state index >= 15 is 0 Å². The lowest BCUT2D eigenvalue weighted by atomic mass is 10.2. The molecule has 5 heteroatoms. The Hall–Kier alpha value is -1.39. The maximum atomic E-state index is 11.8. The first-order valence-electron chi connectivity index (χ1n) is 6.48. The molecule has 20 heavy (non-hydrogen) atoms. The van der Waals surface area contributed by atoms with Crippen LogP contribution in [-0.2, 0) is 17.8 Å².